The SMILES string of the molecule is COc1ccc(OC)c(-c2cc(Cl)c3c(c2)CC(CNC(=O)c2coc4c2C(=O)CCC4)O3)c1. The van der Waals surface area contributed by atoms with Crippen molar-refractivity contribution < 1.29 is 28.2 Å². The molecule has 1 unspecified atom stereocenters. The maximum Gasteiger partial charge on any atom is 0.255 e. The van der Waals surface area contributed by atoms with Crippen LogP contribution in [0.3, 0.4) is 0 Å². The topological polar surface area (TPSA) is 87.0 Å². The molecule has 1 amide bonds. The second-order valence-electron chi connectivity index (χ2n) is 8.39. The highest BCUT2D eigenvalue weighted by atomic mass is 35.5. The predicted molar refractivity (Wildman–Crippen MR) is 126 cm³/mol. The number of furan rings is 1. The van der Waals surface area contributed by atoms with Gasteiger partial charge in [0.25, 0.3) is 5.91 Å². The van der Waals surface area contributed by atoms with E-state index in [4.69, 9.17) is 30.2 Å². The van der Waals surface area contributed by atoms with E-state index in [0.29, 0.717) is 58.4 Å². The number of hydrogen-bond acceptors (Lipinski definition) is 6. The van der Waals surface area contributed by atoms with E-state index in [9.17, 15) is 9.59 Å². The average Bonchev–Trinajstić information content (AvgIpc) is 3.47. The average molecular weight is 482 g/mol. The van der Waals surface area contributed by atoms with Gasteiger partial charge in [-0.2, -0.15) is 0 Å². The van der Waals surface area contributed by atoms with Crippen molar-refractivity contribution in [2.45, 2.75) is 31.8 Å². The molecule has 1 aliphatic heterocycles. The zero-order valence-corrected chi connectivity index (χ0v) is 19.7. The summed E-state index contributed by atoms with van der Waals surface area (Å²) in [6.45, 7) is 0.274. The molecule has 2 heterocycles. The minimum absolute atomic E-state index is 0.0445. The summed E-state index contributed by atoms with van der Waals surface area (Å²) in [5.41, 5.74) is 3.40. The van der Waals surface area contributed by atoms with Crippen LogP contribution in [0.1, 0.15) is 44.9 Å². The van der Waals surface area contributed by atoms with E-state index in [1.807, 2.05) is 30.3 Å². The van der Waals surface area contributed by atoms with Crippen LogP contribution in [0.25, 0.3) is 11.1 Å². The van der Waals surface area contributed by atoms with Gasteiger partial charge in [-0.15, -0.1) is 0 Å². The molecule has 0 saturated heterocycles. The van der Waals surface area contributed by atoms with Gasteiger partial charge >= 0.3 is 0 Å². The number of ether oxygens (including phenoxy) is 3. The molecule has 1 atom stereocenters. The first-order chi connectivity index (χ1) is 16.5. The molecule has 0 fully saturated rings. The number of carbonyl (C=O) groups is 2. The Kier molecular flexibility index (Phi) is 5.96. The van der Waals surface area contributed by atoms with Crippen molar-refractivity contribution in [3.8, 4) is 28.4 Å². The lowest BCUT2D eigenvalue weighted by Gasteiger charge is -2.14. The number of ketones is 1. The summed E-state index contributed by atoms with van der Waals surface area (Å²) in [5.74, 6) is 2.24. The molecule has 34 heavy (non-hydrogen) atoms. The molecule has 8 heteroatoms. The number of fused-ring (bicyclic) bond motifs is 2. The van der Waals surface area contributed by atoms with Crippen LogP contribution >= 0.6 is 11.6 Å². The number of aryl methyl sites for hydroxylation is 1. The van der Waals surface area contributed by atoms with Gasteiger partial charge in [0.15, 0.2) is 5.78 Å². The Hall–Kier alpha value is -3.45. The number of hydrogen-bond donors (Lipinski definition) is 1. The lowest BCUT2D eigenvalue weighted by molar-refractivity contribution is 0.0914. The number of rotatable bonds is 6. The minimum Gasteiger partial charge on any atom is -0.497 e. The molecule has 5 rings (SSSR count). The Balaban J connectivity index is 1.31. The van der Waals surface area contributed by atoms with Crippen LogP contribution < -0.4 is 19.5 Å². The van der Waals surface area contributed by atoms with Crippen molar-refractivity contribution in [3.05, 3.63) is 64.1 Å². The van der Waals surface area contributed by atoms with Gasteiger partial charge < -0.3 is 23.9 Å². The number of nitrogens with one attached hydrogen (secondary N) is 1. The number of Topliss-reactive ketones (excluding diaryl/α,β-unsaturated/α-hetero) is 1. The first-order valence-corrected chi connectivity index (χ1v) is 11.5. The van der Waals surface area contributed by atoms with Gasteiger partial charge in [0, 0.05) is 30.4 Å². The third-order valence-electron chi connectivity index (χ3n) is 6.26. The Morgan fingerprint density at radius 1 is 1.18 bits per heavy atom. The largest absolute Gasteiger partial charge is 0.497 e. The fraction of sp³-hybridized carbons (Fsp3) is 0.308. The summed E-state index contributed by atoms with van der Waals surface area (Å²) in [4.78, 5) is 25.0. The summed E-state index contributed by atoms with van der Waals surface area (Å²) in [5, 5.41) is 3.36. The van der Waals surface area contributed by atoms with Crippen LogP contribution in [0.15, 0.2) is 41.0 Å². The molecule has 176 valence electrons. The summed E-state index contributed by atoms with van der Waals surface area (Å²) in [6.07, 6.45) is 3.54. The summed E-state index contributed by atoms with van der Waals surface area (Å²) < 4.78 is 22.4. The molecule has 1 aromatic heterocycles. The van der Waals surface area contributed by atoms with Gasteiger partial charge in [-0.3, -0.25) is 9.59 Å². The maximum atomic E-state index is 12.8. The van der Waals surface area contributed by atoms with Gasteiger partial charge in [-0.1, -0.05) is 11.6 Å². The molecule has 0 bridgehead atoms. The third-order valence-corrected chi connectivity index (χ3v) is 6.54. The number of amides is 1. The Labute approximate surface area is 201 Å². The summed E-state index contributed by atoms with van der Waals surface area (Å²) in [7, 11) is 3.23. The van der Waals surface area contributed by atoms with Crippen molar-refractivity contribution in [1.29, 1.82) is 0 Å². The van der Waals surface area contributed by atoms with E-state index in [2.05, 4.69) is 5.32 Å². The third kappa shape index (κ3) is 4.01. The monoisotopic (exact) mass is 481 g/mol. The lowest BCUT2D eigenvalue weighted by Crippen LogP contribution is -2.35. The fourth-order valence-electron chi connectivity index (χ4n) is 4.59. The normalized spacial score (nSPS) is 16.4. The second-order valence-corrected chi connectivity index (χ2v) is 8.80. The van der Waals surface area contributed by atoms with Gasteiger partial charge in [0.2, 0.25) is 0 Å². The predicted octanol–water partition coefficient (Wildman–Crippen LogP) is 4.87. The van der Waals surface area contributed by atoms with Crippen LogP contribution in [0.2, 0.25) is 5.02 Å². The van der Waals surface area contributed by atoms with Crippen LogP contribution in [0.4, 0.5) is 0 Å². The number of carbonyl (C=O) groups excluding carboxylic acids is 2. The molecular weight excluding hydrogens is 458 g/mol. The first kappa shape index (κ1) is 22.3. The highest BCUT2D eigenvalue weighted by Crippen LogP contribution is 2.42. The van der Waals surface area contributed by atoms with Gasteiger partial charge in [-0.25, -0.2) is 0 Å². The van der Waals surface area contributed by atoms with Crippen LogP contribution in [0, 0.1) is 0 Å². The van der Waals surface area contributed by atoms with Gasteiger partial charge in [0.05, 0.1) is 36.9 Å². The van der Waals surface area contributed by atoms with E-state index >= 15 is 0 Å². The molecule has 3 aromatic rings. The number of halogens is 1. The van der Waals surface area contributed by atoms with Crippen molar-refractivity contribution >= 4 is 23.3 Å². The Morgan fingerprint density at radius 3 is 2.82 bits per heavy atom. The molecular formula is C26H24ClNO6. The smallest absolute Gasteiger partial charge is 0.255 e. The van der Waals surface area contributed by atoms with Gasteiger partial charge in [0.1, 0.15) is 35.4 Å². The van der Waals surface area contributed by atoms with Gasteiger partial charge in [-0.05, 0) is 42.3 Å². The van der Waals surface area contributed by atoms with E-state index < -0.39 is 0 Å². The van der Waals surface area contributed by atoms with Crippen molar-refractivity contribution in [2.24, 2.45) is 0 Å². The van der Waals surface area contributed by atoms with E-state index in [1.165, 1.54) is 6.26 Å². The fourth-order valence-corrected chi connectivity index (χ4v) is 4.87. The van der Waals surface area contributed by atoms with E-state index in [0.717, 1.165) is 23.1 Å². The highest BCUT2D eigenvalue weighted by molar-refractivity contribution is 6.32. The summed E-state index contributed by atoms with van der Waals surface area (Å²) in [6, 6.07) is 9.44. The first-order valence-electron chi connectivity index (χ1n) is 11.1. The van der Waals surface area contributed by atoms with Crippen molar-refractivity contribution in [2.75, 3.05) is 20.8 Å². The van der Waals surface area contributed by atoms with Crippen molar-refractivity contribution in [3.63, 3.8) is 0 Å². The molecule has 1 N–H and O–H groups in total. The molecule has 2 aliphatic rings. The molecule has 0 radical (unpaired) electrons. The standard InChI is InChI=1S/C26H24ClNO6/c1-31-16-6-7-22(32-2)18(11-16)14-8-15-9-17(34-25(15)20(27)10-14)12-28-26(30)19-13-33-23-5-3-4-21(29)24(19)23/h6-8,10-11,13,17H,3-5,9,12H2,1-2H3,(H,28,30). The zero-order chi connectivity index (χ0) is 23.8. The molecule has 7 nitrogen and oxygen atoms in total. The number of benzene rings is 2. The second kappa shape index (κ2) is 9.06. The van der Waals surface area contributed by atoms with E-state index in [-0.39, 0.29) is 24.3 Å². The van der Waals surface area contributed by atoms with Crippen LogP contribution in [0.5, 0.6) is 17.2 Å². The Morgan fingerprint density at radius 2 is 2.03 bits per heavy atom. The van der Waals surface area contributed by atoms with Crippen LogP contribution in [-0.2, 0) is 12.8 Å². The quantitative estimate of drug-likeness (QED) is 0.540. The summed E-state index contributed by atoms with van der Waals surface area (Å²) >= 11 is 6.56. The van der Waals surface area contributed by atoms with Crippen molar-refractivity contribution in [1.82, 2.24) is 5.32 Å². The van der Waals surface area contributed by atoms with E-state index in [1.54, 1.807) is 14.2 Å². The zero-order valence-electron chi connectivity index (χ0n) is 18.9. The molecule has 0 saturated carbocycles. The minimum atomic E-state index is -0.340. The molecule has 0 spiro atoms. The number of methoxy groups -OCH3 is 2. The lowest BCUT2D eigenvalue weighted by atomic mass is 9.94. The molecule has 1 aliphatic carbocycles. The molecule has 2 aromatic carbocycles. The van der Waals surface area contributed by atoms with Crippen LogP contribution in [-0.4, -0.2) is 38.6 Å². The maximum absolute atomic E-state index is 12.8. The Bertz CT molecular complexity index is 1280. The highest BCUT2D eigenvalue weighted by Gasteiger charge is 2.30.